The molecule has 1 aliphatic heterocycles. The molecule has 1 fully saturated rings. The maximum atomic E-state index is 10.9. The first-order valence-electron chi connectivity index (χ1n) is 3.43. The van der Waals surface area contributed by atoms with Gasteiger partial charge in [-0.1, -0.05) is 6.58 Å². The summed E-state index contributed by atoms with van der Waals surface area (Å²) in [5.41, 5.74) is 2.51. The molecule has 0 radical (unpaired) electrons. The first kappa shape index (κ1) is 7.76. The fraction of sp³-hybridized carbons (Fsp3) is 0.375. The summed E-state index contributed by atoms with van der Waals surface area (Å²) < 4.78 is 0. The number of nitrogens with zero attached hydrogens (tertiary/aromatic N) is 1. The summed E-state index contributed by atoms with van der Waals surface area (Å²) in [6.45, 7) is 3.66. The first-order chi connectivity index (χ1) is 5.25. The number of carbonyl (C=O) groups is 2. The molecule has 1 aliphatic rings. The number of likely N-dealkylation sites (tertiary alicyclic amines) is 1. The Morgan fingerprint density at radius 3 is 2.45 bits per heavy atom. The highest BCUT2D eigenvalue weighted by Gasteiger charge is 2.27. The van der Waals surface area contributed by atoms with E-state index >= 15 is 0 Å². The van der Waals surface area contributed by atoms with E-state index in [9.17, 15) is 9.59 Å². The highest BCUT2D eigenvalue weighted by Crippen LogP contribution is 2.10. The lowest BCUT2D eigenvalue weighted by Gasteiger charge is -2.08. The highest BCUT2D eigenvalue weighted by molar-refractivity contribution is 6.02. The molecule has 58 valence electrons. The van der Waals surface area contributed by atoms with E-state index in [0.29, 0.717) is 19.4 Å². The van der Waals surface area contributed by atoms with Gasteiger partial charge in [-0.25, -0.2) is 0 Å². The average molecular weight is 151 g/mol. The lowest BCUT2D eigenvalue weighted by molar-refractivity contribution is -0.137. The maximum absolute atomic E-state index is 10.9. The Bertz CT molecular complexity index is 222. The molecule has 0 spiro atoms. The van der Waals surface area contributed by atoms with Crippen LogP contribution in [0.1, 0.15) is 12.8 Å². The summed E-state index contributed by atoms with van der Waals surface area (Å²) in [4.78, 5) is 23.1. The average Bonchev–Trinajstić information content (AvgIpc) is 2.29. The van der Waals surface area contributed by atoms with Gasteiger partial charge in [0.1, 0.15) is 0 Å². The van der Waals surface area contributed by atoms with E-state index in [1.54, 1.807) is 6.08 Å². The van der Waals surface area contributed by atoms with Crippen molar-refractivity contribution in [3.05, 3.63) is 18.4 Å². The zero-order valence-corrected chi connectivity index (χ0v) is 6.17. The first-order valence-corrected chi connectivity index (χ1v) is 3.43. The lowest BCUT2D eigenvalue weighted by atomic mass is 10.4. The van der Waals surface area contributed by atoms with Gasteiger partial charge in [0.15, 0.2) is 0 Å². The molecule has 0 aromatic carbocycles. The molecule has 3 nitrogen and oxygen atoms in total. The fourth-order valence-electron chi connectivity index (χ4n) is 0.982. The van der Waals surface area contributed by atoms with Crippen LogP contribution in [0.3, 0.4) is 0 Å². The smallest absolute Gasteiger partial charge is 0.229 e. The summed E-state index contributed by atoms with van der Waals surface area (Å²) in [6.07, 6.45) is 2.27. The number of carbonyl (C=O) groups excluding carboxylic acids is 2. The van der Waals surface area contributed by atoms with Gasteiger partial charge in [0.2, 0.25) is 11.8 Å². The molecule has 1 saturated heterocycles. The minimum atomic E-state index is -0.0958. The SMILES string of the molecule is C=C=CCN1C(=O)CCC1=O. The molecule has 1 heterocycles. The second kappa shape index (κ2) is 3.17. The zero-order chi connectivity index (χ0) is 8.27. The van der Waals surface area contributed by atoms with Gasteiger partial charge in [-0.05, 0) is 6.08 Å². The van der Waals surface area contributed by atoms with Crippen LogP contribution in [0, 0.1) is 0 Å². The molecule has 2 amide bonds. The molecular formula is C8H9NO2. The van der Waals surface area contributed by atoms with Crippen molar-refractivity contribution in [1.82, 2.24) is 4.90 Å². The second-order valence-electron chi connectivity index (χ2n) is 2.31. The van der Waals surface area contributed by atoms with Crippen molar-refractivity contribution in [2.45, 2.75) is 12.8 Å². The third-order valence-corrected chi connectivity index (χ3v) is 1.57. The number of hydrogen-bond acceptors (Lipinski definition) is 2. The van der Waals surface area contributed by atoms with Crippen molar-refractivity contribution in [3.63, 3.8) is 0 Å². The van der Waals surface area contributed by atoms with Crippen LogP contribution in [0.15, 0.2) is 18.4 Å². The van der Waals surface area contributed by atoms with Crippen molar-refractivity contribution in [2.75, 3.05) is 6.54 Å². The summed E-state index contributed by atoms with van der Waals surface area (Å²) in [5, 5.41) is 0. The largest absolute Gasteiger partial charge is 0.278 e. The fourth-order valence-corrected chi connectivity index (χ4v) is 0.982. The van der Waals surface area contributed by atoms with Gasteiger partial charge in [-0.15, -0.1) is 5.73 Å². The van der Waals surface area contributed by atoms with Crippen molar-refractivity contribution in [3.8, 4) is 0 Å². The minimum absolute atomic E-state index is 0.0958. The van der Waals surface area contributed by atoms with Crippen LogP contribution in [0.2, 0.25) is 0 Å². The van der Waals surface area contributed by atoms with Gasteiger partial charge >= 0.3 is 0 Å². The van der Waals surface area contributed by atoms with E-state index in [2.05, 4.69) is 12.3 Å². The van der Waals surface area contributed by atoms with Crippen LogP contribution < -0.4 is 0 Å². The van der Waals surface area contributed by atoms with Crippen LogP contribution in [0.25, 0.3) is 0 Å². The zero-order valence-electron chi connectivity index (χ0n) is 6.17. The van der Waals surface area contributed by atoms with E-state index in [0.717, 1.165) is 0 Å². The quantitative estimate of drug-likeness (QED) is 0.425. The third-order valence-electron chi connectivity index (χ3n) is 1.57. The van der Waals surface area contributed by atoms with Gasteiger partial charge in [0.05, 0.1) is 6.54 Å². The van der Waals surface area contributed by atoms with Gasteiger partial charge < -0.3 is 0 Å². The van der Waals surface area contributed by atoms with Gasteiger partial charge in [-0.3, -0.25) is 14.5 Å². The topological polar surface area (TPSA) is 37.4 Å². The molecule has 1 rings (SSSR count). The monoisotopic (exact) mass is 151 g/mol. The standard InChI is InChI=1S/C8H9NO2/c1-2-3-6-9-7(10)4-5-8(9)11/h3H,1,4-6H2. The molecule has 0 N–H and O–H groups in total. The predicted molar refractivity (Wildman–Crippen MR) is 39.7 cm³/mol. The van der Waals surface area contributed by atoms with Crippen LogP contribution in [0.4, 0.5) is 0 Å². The number of hydrogen-bond donors (Lipinski definition) is 0. The summed E-state index contributed by atoms with van der Waals surface area (Å²) >= 11 is 0. The van der Waals surface area contributed by atoms with E-state index in [-0.39, 0.29) is 11.8 Å². The molecule has 0 unspecified atom stereocenters. The lowest BCUT2D eigenvalue weighted by Crippen LogP contribution is -2.28. The van der Waals surface area contributed by atoms with Crippen molar-refractivity contribution in [1.29, 1.82) is 0 Å². The third kappa shape index (κ3) is 1.57. The Morgan fingerprint density at radius 1 is 1.45 bits per heavy atom. The van der Waals surface area contributed by atoms with Crippen LogP contribution in [-0.4, -0.2) is 23.3 Å². The summed E-state index contributed by atoms with van der Waals surface area (Å²) in [5.74, 6) is -0.192. The number of rotatable bonds is 2. The Morgan fingerprint density at radius 2 is 2.00 bits per heavy atom. The van der Waals surface area contributed by atoms with E-state index in [4.69, 9.17) is 0 Å². The molecular weight excluding hydrogens is 142 g/mol. The normalized spacial score (nSPS) is 16.9. The van der Waals surface area contributed by atoms with E-state index in [1.165, 1.54) is 4.90 Å². The van der Waals surface area contributed by atoms with Crippen molar-refractivity contribution in [2.24, 2.45) is 0 Å². The Balaban J connectivity index is 2.61. The van der Waals surface area contributed by atoms with Crippen molar-refractivity contribution >= 4 is 11.8 Å². The Hall–Kier alpha value is -1.34. The molecule has 0 aromatic heterocycles. The molecule has 0 aliphatic carbocycles. The van der Waals surface area contributed by atoms with Gasteiger partial charge in [-0.2, -0.15) is 0 Å². The molecule has 0 aromatic rings. The molecule has 11 heavy (non-hydrogen) atoms. The summed E-state index contributed by atoms with van der Waals surface area (Å²) in [6, 6.07) is 0. The van der Waals surface area contributed by atoms with Crippen LogP contribution in [0.5, 0.6) is 0 Å². The van der Waals surface area contributed by atoms with Gasteiger partial charge in [0, 0.05) is 12.8 Å². The number of imide groups is 1. The minimum Gasteiger partial charge on any atom is -0.278 e. The van der Waals surface area contributed by atoms with E-state index in [1.807, 2.05) is 0 Å². The molecule has 0 atom stereocenters. The number of amides is 2. The van der Waals surface area contributed by atoms with Crippen molar-refractivity contribution < 1.29 is 9.59 Å². The van der Waals surface area contributed by atoms with Crippen LogP contribution in [-0.2, 0) is 9.59 Å². The van der Waals surface area contributed by atoms with Gasteiger partial charge in [0.25, 0.3) is 0 Å². The van der Waals surface area contributed by atoms with E-state index < -0.39 is 0 Å². The Labute approximate surface area is 65.0 Å². The predicted octanol–water partition coefficient (Wildman–Crippen LogP) is 0.476. The van der Waals surface area contributed by atoms with Crippen LogP contribution >= 0.6 is 0 Å². The Kier molecular flexibility index (Phi) is 2.24. The maximum Gasteiger partial charge on any atom is 0.229 e. The second-order valence-corrected chi connectivity index (χ2v) is 2.31. The molecule has 0 bridgehead atoms. The summed E-state index contributed by atoms with van der Waals surface area (Å²) in [7, 11) is 0. The molecule has 0 saturated carbocycles. The highest BCUT2D eigenvalue weighted by atomic mass is 16.2. The molecule has 3 heteroatoms.